The molecule has 17 heavy (non-hydrogen) atoms. The molecule has 1 unspecified atom stereocenters. The first-order valence-corrected chi connectivity index (χ1v) is 5.20. The van der Waals surface area contributed by atoms with Crippen LogP contribution in [0.1, 0.15) is 23.7 Å². The second-order valence-electron chi connectivity index (χ2n) is 4.04. The number of amides is 1. The molecule has 1 heterocycles. The summed E-state index contributed by atoms with van der Waals surface area (Å²) in [6.45, 7) is 1.89. The first-order chi connectivity index (χ1) is 7.99. The summed E-state index contributed by atoms with van der Waals surface area (Å²) >= 11 is 0. The normalized spacial score (nSPS) is 19.2. The van der Waals surface area contributed by atoms with Gasteiger partial charge in [-0.25, -0.2) is 4.79 Å². The van der Waals surface area contributed by atoms with Crippen molar-refractivity contribution in [1.82, 2.24) is 5.43 Å². The van der Waals surface area contributed by atoms with Crippen LogP contribution in [0.5, 0.6) is 0 Å². The van der Waals surface area contributed by atoms with Gasteiger partial charge in [0.25, 0.3) is 0 Å². The fourth-order valence-electron chi connectivity index (χ4n) is 1.85. The van der Waals surface area contributed by atoms with Crippen molar-refractivity contribution in [2.75, 3.05) is 10.7 Å². The van der Waals surface area contributed by atoms with Crippen molar-refractivity contribution in [2.45, 2.75) is 19.4 Å². The maximum Gasteiger partial charge on any atom is 0.335 e. The SMILES string of the molecule is CC1CC(=O)NN1c1ccc(C(=O)O)cc1N. The summed E-state index contributed by atoms with van der Waals surface area (Å²) in [5.74, 6) is -1.10. The molecule has 1 aromatic carbocycles. The summed E-state index contributed by atoms with van der Waals surface area (Å²) in [6, 6.07) is 4.45. The zero-order valence-electron chi connectivity index (χ0n) is 9.30. The predicted octanol–water partition coefficient (Wildman–Crippen LogP) is 0.597. The van der Waals surface area contributed by atoms with Gasteiger partial charge in [-0.1, -0.05) is 0 Å². The van der Waals surface area contributed by atoms with Crippen molar-refractivity contribution >= 4 is 23.3 Å². The molecule has 0 radical (unpaired) electrons. The van der Waals surface area contributed by atoms with E-state index in [1.54, 1.807) is 11.1 Å². The number of nitrogens with two attached hydrogens (primary N) is 1. The van der Waals surface area contributed by atoms with Crippen LogP contribution in [0.4, 0.5) is 11.4 Å². The molecular weight excluding hydrogens is 222 g/mol. The van der Waals surface area contributed by atoms with Crippen molar-refractivity contribution in [3.63, 3.8) is 0 Å². The highest BCUT2D eigenvalue weighted by Gasteiger charge is 2.28. The number of nitrogens with one attached hydrogen (secondary N) is 1. The zero-order valence-corrected chi connectivity index (χ0v) is 9.30. The smallest absolute Gasteiger partial charge is 0.335 e. The van der Waals surface area contributed by atoms with E-state index in [1.807, 2.05) is 6.92 Å². The van der Waals surface area contributed by atoms with E-state index in [0.29, 0.717) is 17.8 Å². The van der Waals surface area contributed by atoms with Crippen molar-refractivity contribution < 1.29 is 14.7 Å². The van der Waals surface area contributed by atoms with Crippen molar-refractivity contribution in [3.8, 4) is 0 Å². The van der Waals surface area contributed by atoms with Crippen molar-refractivity contribution in [3.05, 3.63) is 23.8 Å². The average Bonchev–Trinajstić information content (AvgIpc) is 2.57. The molecule has 1 aliphatic heterocycles. The van der Waals surface area contributed by atoms with E-state index in [1.165, 1.54) is 12.1 Å². The first-order valence-electron chi connectivity index (χ1n) is 5.20. The Hall–Kier alpha value is -2.24. The average molecular weight is 235 g/mol. The number of benzene rings is 1. The maximum absolute atomic E-state index is 11.2. The fraction of sp³-hybridized carbons (Fsp3) is 0.273. The number of rotatable bonds is 2. The fourth-order valence-corrected chi connectivity index (χ4v) is 1.85. The molecule has 2 rings (SSSR count). The molecule has 0 spiro atoms. The molecule has 0 aliphatic carbocycles. The molecule has 1 atom stereocenters. The molecule has 1 fully saturated rings. The van der Waals surface area contributed by atoms with Crippen molar-refractivity contribution in [1.29, 1.82) is 0 Å². The largest absolute Gasteiger partial charge is 0.478 e. The molecule has 1 aromatic rings. The van der Waals surface area contributed by atoms with E-state index in [2.05, 4.69) is 5.43 Å². The number of nitrogen functional groups attached to an aromatic ring is 1. The van der Waals surface area contributed by atoms with Crippen LogP contribution in [-0.2, 0) is 4.79 Å². The lowest BCUT2D eigenvalue weighted by Gasteiger charge is -2.24. The van der Waals surface area contributed by atoms with E-state index in [0.717, 1.165) is 0 Å². The molecule has 1 aliphatic rings. The highest BCUT2D eigenvalue weighted by Crippen LogP contribution is 2.27. The summed E-state index contributed by atoms with van der Waals surface area (Å²) in [7, 11) is 0. The summed E-state index contributed by atoms with van der Waals surface area (Å²) in [4.78, 5) is 22.0. The van der Waals surface area contributed by atoms with Gasteiger partial charge in [0, 0.05) is 0 Å². The summed E-state index contributed by atoms with van der Waals surface area (Å²) in [6.07, 6.45) is 0.403. The Morgan fingerprint density at radius 1 is 1.59 bits per heavy atom. The number of carboxylic acid groups (broad SMARTS) is 1. The molecule has 4 N–H and O–H groups in total. The van der Waals surface area contributed by atoms with Gasteiger partial charge in [-0.2, -0.15) is 0 Å². The van der Waals surface area contributed by atoms with Gasteiger partial charge in [0.05, 0.1) is 29.4 Å². The lowest BCUT2D eigenvalue weighted by Crippen LogP contribution is -2.37. The molecule has 0 aromatic heterocycles. The standard InChI is InChI=1S/C11H13N3O3/c1-6-4-10(15)13-14(6)9-3-2-7(11(16)17)5-8(9)12/h2-3,5-6H,4,12H2,1H3,(H,13,15)(H,16,17). The monoisotopic (exact) mass is 235 g/mol. The molecule has 90 valence electrons. The van der Waals surface area contributed by atoms with Gasteiger partial charge in [0.1, 0.15) is 0 Å². The number of hydrogen-bond donors (Lipinski definition) is 3. The topological polar surface area (TPSA) is 95.7 Å². The molecule has 6 heteroatoms. The number of carbonyl (C=O) groups excluding carboxylic acids is 1. The summed E-state index contributed by atoms with van der Waals surface area (Å²) in [5.41, 5.74) is 9.55. The van der Waals surface area contributed by atoms with E-state index >= 15 is 0 Å². The van der Waals surface area contributed by atoms with Crippen LogP contribution < -0.4 is 16.2 Å². The third-order valence-corrected chi connectivity index (χ3v) is 2.70. The number of aromatic carboxylic acids is 1. The van der Waals surface area contributed by atoms with E-state index in [-0.39, 0.29) is 17.5 Å². The molecular formula is C11H13N3O3. The number of carboxylic acids is 1. The van der Waals surface area contributed by atoms with Gasteiger partial charge in [-0.05, 0) is 25.1 Å². The third-order valence-electron chi connectivity index (χ3n) is 2.70. The van der Waals surface area contributed by atoms with Crippen molar-refractivity contribution in [2.24, 2.45) is 0 Å². The minimum absolute atomic E-state index is 0.000443. The molecule has 0 saturated carbocycles. The third kappa shape index (κ3) is 2.01. The molecule has 0 bridgehead atoms. The van der Waals surface area contributed by atoms with Crippen LogP contribution >= 0.6 is 0 Å². The molecule has 6 nitrogen and oxygen atoms in total. The van der Waals surface area contributed by atoms with Crippen LogP contribution in [-0.4, -0.2) is 23.0 Å². The van der Waals surface area contributed by atoms with Gasteiger partial charge < -0.3 is 10.8 Å². The lowest BCUT2D eigenvalue weighted by atomic mass is 10.1. The highest BCUT2D eigenvalue weighted by molar-refractivity contribution is 5.91. The minimum atomic E-state index is -1.03. The Bertz CT molecular complexity index is 487. The Balaban J connectivity index is 2.34. The van der Waals surface area contributed by atoms with E-state index in [4.69, 9.17) is 10.8 Å². The van der Waals surface area contributed by atoms with E-state index < -0.39 is 5.97 Å². The van der Waals surface area contributed by atoms with Gasteiger partial charge >= 0.3 is 5.97 Å². The van der Waals surface area contributed by atoms with Crippen LogP contribution in [0.15, 0.2) is 18.2 Å². The zero-order chi connectivity index (χ0) is 12.6. The van der Waals surface area contributed by atoms with Gasteiger partial charge in [0.2, 0.25) is 5.91 Å². The van der Waals surface area contributed by atoms with Gasteiger partial charge in [-0.3, -0.25) is 15.2 Å². The maximum atomic E-state index is 11.2. The van der Waals surface area contributed by atoms with Gasteiger partial charge in [0.15, 0.2) is 0 Å². The second kappa shape index (κ2) is 3.97. The number of hydrazine groups is 1. The Labute approximate surface area is 98.0 Å². The first kappa shape index (κ1) is 11.3. The van der Waals surface area contributed by atoms with Gasteiger partial charge in [-0.15, -0.1) is 0 Å². The quantitative estimate of drug-likeness (QED) is 0.652. The number of anilines is 2. The highest BCUT2D eigenvalue weighted by atomic mass is 16.4. The Kier molecular flexibility index (Phi) is 2.63. The number of nitrogens with zero attached hydrogens (tertiary/aromatic N) is 1. The van der Waals surface area contributed by atoms with Crippen LogP contribution in [0.2, 0.25) is 0 Å². The lowest BCUT2D eigenvalue weighted by molar-refractivity contribution is -0.119. The summed E-state index contributed by atoms with van der Waals surface area (Å²) in [5, 5.41) is 10.5. The summed E-state index contributed by atoms with van der Waals surface area (Å²) < 4.78 is 0. The van der Waals surface area contributed by atoms with Crippen LogP contribution in [0, 0.1) is 0 Å². The van der Waals surface area contributed by atoms with Crippen LogP contribution in [0.25, 0.3) is 0 Å². The predicted molar refractivity (Wildman–Crippen MR) is 62.5 cm³/mol. The minimum Gasteiger partial charge on any atom is -0.478 e. The van der Waals surface area contributed by atoms with E-state index in [9.17, 15) is 9.59 Å². The Morgan fingerprint density at radius 2 is 2.29 bits per heavy atom. The molecule has 1 saturated heterocycles. The Morgan fingerprint density at radius 3 is 2.76 bits per heavy atom. The molecule has 1 amide bonds. The second-order valence-corrected chi connectivity index (χ2v) is 4.04. The van der Waals surface area contributed by atoms with Crippen LogP contribution in [0.3, 0.4) is 0 Å². The number of carbonyl (C=O) groups is 2. The number of hydrogen-bond acceptors (Lipinski definition) is 4.